The summed E-state index contributed by atoms with van der Waals surface area (Å²) in [5.74, 6) is 1.43. The molecule has 0 aliphatic heterocycles. The molecule has 29 heavy (non-hydrogen) atoms. The average Bonchev–Trinajstić information content (AvgIpc) is 2.75. The fourth-order valence-electron chi connectivity index (χ4n) is 2.82. The van der Waals surface area contributed by atoms with Gasteiger partial charge in [0.2, 0.25) is 0 Å². The van der Waals surface area contributed by atoms with Crippen LogP contribution in [-0.2, 0) is 23.3 Å². The van der Waals surface area contributed by atoms with Crippen LogP contribution in [0.1, 0.15) is 11.1 Å². The molecule has 0 N–H and O–H groups in total. The third-order valence-corrected chi connectivity index (χ3v) is 6.51. The summed E-state index contributed by atoms with van der Waals surface area (Å²) in [5, 5.41) is 0. The fraction of sp³-hybridized carbons (Fsp3) is 0.273. The summed E-state index contributed by atoms with van der Waals surface area (Å²) in [6.45, 7) is 7.84. The molecule has 0 aliphatic carbocycles. The number of ether oxygens (including phenoxy) is 2. The third kappa shape index (κ3) is 5.69. The molecule has 0 spiro atoms. The molecule has 156 valence electrons. The Labute approximate surface area is 173 Å². The van der Waals surface area contributed by atoms with Gasteiger partial charge >= 0.3 is 0 Å². The van der Waals surface area contributed by atoms with Gasteiger partial charge in [-0.3, -0.25) is 0 Å². The molecule has 0 fully saturated rings. The maximum Gasteiger partial charge on any atom is 0.283 e. The highest BCUT2D eigenvalue weighted by molar-refractivity contribution is 7.86. The predicted molar refractivity (Wildman–Crippen MR) is 116 cm³/mol. The number of rotatable bonds is 11. The van der Waals surface area contributed by atoms with E-state index in [2.05, 4.69) is 13.2 Å². The van der Waals surface area contributed by atoms with Crippen molar-refractivity contribution >= 4 is 10.2 Å². The summed E-state index contributed by atoms with van der Waals surface area (Å²) in [7, 11) is 0.920. The molecule has 0 saturated carbocycles. The average molecular weight is 417 g/mol. The Morgan fingerprint density at radius 3 is 1.55 bits per heavy atom. The number of hydrogen-bond donors (Lipinski definition) is 0. The minimum absolute atomic E-state index is 0.212. The van der Waals surface area contributed by atoms with Crippen LogP contribution in [0.4, 0.5) is 0 Å². The van der Waals surface area contributed by atoms with E-state index in [9.17, 15) is 8.42 Å². The number of nitrogens with zero attached hydrogens (tertiary/aromatic N) is 2. The van der Waals surface area contributed by atoms with Gasteiger partial charge in [0.15, 0.2) is 0 Å². The number of methoxy groups -OCH3 is 2. The standard InChI is InChI=1S/C22H28N2O4S/c1-6-20(7-2)23(3)29(25,26)24(16-18-8-12-21(27-4)13-9-18)17-19-10-14-22(28-5)15-11-19/h6-15,20H,1-2,16-17H2,3-5H3. The second-order valence-electron chi connectivity index (χ2n) is 6.45. The first-order valence-electron chi connectivity index (χ1n) is 9.09. The zero-order chi connectivity index (χ0) is 21.4. The van der Waals surface area contributed by atoms with Crippen LogP contribution in [-0.4, -0.2) is 44.3 Å². The second-order valence-corrected chi connectivity index (χ2v) is 8.44. The van der Waals surface area contributed by atoms with Crippen molar-refractivity contribution in [3.63, 3.8) is 0 Å². The molecule has 0 aromatic heterocycles. The second kappa shape index (κ2) is 10.2. The minimum Gasteiger partial charge on any atom is -0.497 e. The highest BCUT2D eigenvalue weighted by Crippen LogP contribution is 2.21. The minimum atomic E-state index is -3.79. The van der Waals surface area contributed by atoms with Crippen molar-refractivity contribution < 1.29 is 17.9 Å². The lowest BCUT2D eigenvalue weighted by atomic mass is 10.2. The van der Waals surface area contributed by atoms with E-state index in [-0.39, 0.29) is 13.1 Å². The molecule has 0 bridgehead atoms. The van der Waals surface area contributed by atoms with Crippen molar-refractivity contribution in [1.82, 2.24) is 8.61 Å². The van der Waals surface area contributed by atoms with E-state index in [1.165, 1.54) is 15.7 Å². The first kappa shape index (κ1) is 22.7. The van der Waals surface area contributed by atoms with Gasteiger partial charge in [-0.05, 0) is 35.4 Å². The van der Waals surface area contributed by atoms with Crippen LogP contribution in [0, 0.1) is 0 Å². The Balaban J connectivity index is 2.36. The highest BCUT2D eigenvalue weighted by Gasteiger charge is 2.30. The molecule has 2 aromatic rings. The predicted octanol–water partition coefficient (Wildman–Crippen LogP) is 3.62. The zero-order valence-electron chi connectivity index (χ0n) is 17.1. The number of likely N-dealkylation sites (N-methyl/N-ethyl adjacent to an activating group) is 1. The lowest BCUT2D eigenvalue weighted by Crippen LogP contribution is -2.44. The molecule has 0 unspecified atom stereocenters. The molecule has 7 heteroatoms. The largest absolute Gasteiger partial charge is 0.497 e. The Hall–Kier alpha value is -2.61. The molecule has 0 atom stereocenters. The molecule has 2 aromatic carbocycles. The maximum absolute atomic E-state index is 13.4. The van der Waals surface area contributed by atoms with E-state index in [0.29, 0.717) is 11.5 Å². The van der Waals surface area contributed by atoms with Gasteiger partial charge in [-0.25, -0.2) is 0 Å². The van der Waals surface area contributed by atoms with Crippen molar-refractivity contribution in [1.29, 1.82) is 0 Å². The van der Waals surface area contributed by atoms with Gasteiger partial charge in [0, 0.05) is 20.1 Å². The zero-order valence-corrected chi connectivity index (χ0v) is 17.9. The quantitative estimate of drug-likeness (QED) is 0.525. The van der Waals surface area contributed by atoms with E-state index in [0.717, 1.165) is 11.1 Å². The lowest BCUT2D eigenvalue weighted by molar-refractivity contribution is 0.344. The van der Waals surface area contributed by atoms with Crippen LogP contribution in [0.25, 0.3) is 0 Å². The van der Waals surface area contributed by atoms with Crippen LogP contribution in [0.5, 0.6) is 11.5 Å². The van der Waals surface area contributed by atoms with Gasteiger partial charge in [-0.15, -0.1) is 13.2 Å². The smallest absolute Gasteiger partial charge is 0.283 e. The van der Waals surface area contributed by atoms with Crippen molar-refractivity contribution in [2.75, 3.05) is 21.3 Å². The SMILES string of the molecule is C=CC(C=C)N(C)S(=O)(=O)N(Cc1ccc(OC)cc1)Cc1ccc(OC)cc1. The molecule has 2 rings (SSSR count). The van der Waals surface area contributed by atoms with Gasteiger partial charge in [-0.2, -0.15) is 17.0 Å². The van der Waals surface area contributed by atoms with E-state index < -0.39 is 16.3 Å². The van der Waals surface area contributed by atoms with Gasteiger partial charge in [-0.1, -0.05) is 36.4 Å². The first-order valence-corrected chi connectivity index (χ1v) is 10.5. The molecular weight excluding hydrogens is 388 g/mol. The van der Waals surface area contributed by atoms with E-state index >= 15 is 0 Å². The Kier molecular flexibility index (Phi) is 8.01. The van der Waals surface area contributed by atoms with Gasteiger partial charge in [0.05, 0.1) is 20.3 Å². The van der Waals surface area contributed by atoms with E-state index in [1.807, 2.05) is 48.5 Å². The maximum atomic E-state index is 13.4. The van der Waals surface area contributed by atoms with Crippen molar-refractivity contribution in [3.05, 3.63) is 85.0 Å². The van der Waals surface area contributed by atoms with Gasteiger partial charge in [0.1, 0.15) is 11.5 Å². The summed E-state index contributed by atoms with van der Waals surface area (Å²) in [5.41, 5.74) is 1.70. The summed E-state index contributed by atoms with van der Waals surface area (Å²) in [4.78, 5) is 0. The Morgan fingerprint density at radius 1 is 0.862 bits per heavy atom. The summed E-state index contributed by atoms with van der Waals surface area (Å²) in [6.07, 6.45) is 3.09. The molecule has 0 radical (unpaired) electrons. The number of hydrogen-bond acceptors (Lipinski definition) is 4. The Bertz CT molecular complexity index is 851. The lowest BCUT2D eigenvalue weighted by Gasteiger charge is -2.30. The van der Waals surface area contributed by atoms with E-state index in [1.54, 1.807) is 26.4 Å². The summed E-state index contributed by atoms with van der Waals surface area (Å²) in [6, 6.07) is 14.2. The highest BCUT2D eigenvalue weighted by atomic mass is 32.2. The van der Waals surface area contributed by atoms with E-state index in [4.69, 9.17) is 9.47 Å². The van der Waals surface area contributed by atoms with Crippen molar-refractivity contribution in [3.8, 4) is 11.5 Å². The summed E-state index contributed by atoms with van der Waals surface area (Å²) >= 11 is 0. The number of benzene rings is 2. The first-order chi connectivity index (χ1) is 13.8. The van der Waals surface area contributed by atoms with Gasteiger partial charge < -0.3 is 9.47 Å². The monoisotopic (exact) mass is 416 g/mol. The third-order valence-electron chi connectivity index (χ3n) is 4.63. The molecule has 0 saturated heterocycles. The van der Waals surface area contributed by atoms with Crippen LogP contribution in [0.3, 0.4) is 0 Å². The van der Waals surface area contributed by atoms with Crippen molar-refractivity contribution in [2.24, 2.45) is 0 Å². The van der Waals surface area contributed by atoms with Crippen molar-refractivity contribution in [2.45, 2.75) is 19.1 Å². The molecule has 0 aliphatic rings. The van der Waals surface area contributed by atoms with Crippen LogP contribution < -0.4 is 9.47 Å². The Morgan fingerprint density at radius 2 is 1.24 bits per heavy atom. The summed E-state index contributed by atoms with van der Waals surface area (Å²) < 4.78 is 39.8. The molecular formula is C22H28N2O4S. The fourth-order valence-corrected chi connectivity index (χ4v) is 4.29. The van der Waals surface area contributed by atoms with Crippen LogP contribution >= 0.6 is 0 Å². The molecule has 0 amide bonds. The molecule has 0 heterocycles. The van der Waals surface area contributed by atoms with Gasteiger partial charge in [0.25, 0.3) is 10.2 Å². The normalized spacial score (nSPS) is 11.7. The van der Waals surface area contributed by atoms with Crippen LogP contribution in [0.15, 0.2) is 73.8 Å². The molecule has 6 nitrogen and oxygen atoms in total. The van der Waals surface area contributed by atoms with Crippen LogP contribution in [0.2, 0.25) is 0 Å². The topological polar surface area (TPSA) is 59.1 Å².